The van der Waals surface area contributed by atoms with Gasteiger partial charge >= 0.3 is 5.97 Å². The third-order valence-corrected chi connectivity index (χ3v) is 3.45. The minimum atomic E-state index is -1.14. The Kier molecular flexibility index (Phi) is 8.02. The van der Waals surface area contributed by atoms with Crippen LogP contribution in [0.3, 0.4) is 0 Å². The van der Waals surface area contributed by atoms with Gasteiger partial charge in [-0.25, -0.2) is 0 Å². The maximum Gasteiger partial charge on any atom is 0.323 e. The van der Waals surface area contributed by atoms with Crippen molar-refractivity contribution < 1.29 is 14.7 Å². The van der Waals surface area contributed by atoms with Crippen molar-refractivity contribution >= 4 is 23.6 Å². The van der Waals surface area contributed by atoms with E-state index in [1.54, 1.807) is 11.8 Å². The van der Waals surface area contributed by atoms with Crippen LogP contribution in [0.2, 0.25) is 0 Å². The smallest absolute Gasteiger partial charge is 0.323 e. The summed E-state index contributed by atoms with van der Waals surface area (Å²) in [6.07, 6.45) is 2.10. The number of amides is 1. The van der Waals surface area contributed by atoms with E-state index < -0.39 is 11.5 Å². The van der Waals surface area contributed by atoms with E-state index >= 15 is 0 Å². The second-order valence-electron chi connectivity index (χ2n) is 4.95. The van der Waals surface area contributed by atoms with Gasteiger partial charge in [-0.1, -0.05) is 6.42 Å². The SMILES string of the molecule is CC(C)NC(=O)CSCCCCC(C)(N)C(=O)O. The van der Waals surface area contributed by atoms with Crippen LogP contribution in [0.4, 0.5) is 0 Å². The standard InChI is InChI=1S/C12H24N2O3S/c1-9(2)14-10(15)8-18-7-5-4-6-12(3,13)11(16)17/h9H,4-8,13H2,1-3H3,(H,14,15)(H,16,17). The molecule has 18 heavy (non-hydrogen) atoms. The molecule has 1 atom stereocenters. The lowest BCUT2D eigenvalue weighted by molar-refractivity contribution is -0.142. The third-order valence-electron chi connectivity index (χ3n) is 2.41. The van der Waals surface area contributed by atoms with Crippen molar-refractivity contribution in [2.75, 3.05) is 11.5 Å². The lowest BCUT2D eigenvalue weighted by Crippen LogP contribution is -2.44. The van der Waals surface area contributed by atoms with Crippen LogP contribution in [0.1, 0.15) is 40.0 Å². The third kappa shape index (κ3) is 8.36. The molecule has 0 aliphatic carbocycles. The van der Waals surface area contributed by atoms with Gasteiger partial charge in [-0.15, -0.1) is 0 Å². The topological polar surface area (TPSA) is 92.4 Å². The largest absolute Gasteiger partial charge is 0.480 e. The number of carbonyl (C=O) groups excluding carboxylic acids is 1. The van der Waals surface area contributed by atoms with Gasteiger partial charge in [0.2, 0.25) is 5.91 Å². The number of unbranched alkanes of at least 4 members (excludes halogenated alkanes) is 1. The van der Waals surface area contributed by atoms with Gasteiger partial charge in [-0.3, -0.25) is 9.59 Å². The molecule has 0 aromatic carbocycles. The number of hydrogen-bond acceptors (Lipinski definition) is 4. The van der Waals surface area contributed by atoms with Crippen molar-refractivity contribution in [2.45, 2.75) is 51.6 Å². The molecule has 1 unspecified atom stereocenters. The summed E-state index contributed by atoms with van der Waals surface area (Å²) < 4.78 is 0. The zero-order chi connectivity index (χ0) is 14.2. The van der Waals surface area contributed by atoms with Crippen molar-refractivity contribution in [2.24, 2.45) is 5.73 Å². The Morgan fingerprint density at radius 3 is 2.50 bits per heavy atom. The van der Waals surface area contributed by atoms with Crippen LogP contribution < -0.4 is 11.1 Å². The molecule has 0 heterocycles. The molecule has 5 nitrogen and oxygen atoms in total. The number of carbonyl (C=O) groups is 2. The molecule has 1 amide bonds. The number of carboxylic acid groups (broad SMARTS) is 1. The maximum atomic E-state index is 11.3. The van der Waals surface area contributed by atoms with E-state index in [2.05, 4.69) is 5.32 Å². The van der Waals surface area contributed by atoms with Gasteiger partial charge in [0.05, 0.1) is 5.75 Å². The zero-order valence-electron chi connectivity index (χ0n) is 11.4. The summed E-state index contributed by atoms with van der Waals surface area (Å²) in [6, 6.07) is 0.173. The fourth-order valence-corrected chi connectivity index (χ4v) is 2.15. The number of rotatable bonds is 9. The first-order valence-electron chi connectivity index (χ1n) is 6.15. The van der Waals surface area contributed by atoms with Gasteiger partial charge in [-0.2, -0.15) is 11.8 Å². The summed E-state index contributed by atoms with van der Waals surface area (Å²) in [5.41, 5.74) is 4.47. The first kappa shape index (κ1) is 17.2. The van der Waals surface area contributed by atoms with Crippen molar-refractivity contribution in [1.29, 1.82) is 0 Å². The zero-order valence-corrected chi connectivity index (χ0v) is 12.2. The van der Waals surface area contributed by atoms with E-state index in [9.17, 15) is 9.59 Å². The highest BCUT2D eigenvalue weighted by atomic mass is 32.2. The monoisotopic (exact) mass is 276 g/mol. The normalized spacial score (nSPS) is 14.3. The van der Waals surface area contributed by atoms with Gasteiger partial charge in [0, 0.05) is 6.04 Å². The lowest BCUT2D eigenvalue weighted by atomic mass is 9.97. The molecule has 0 fully saturated rings. The quantitative estimate of drug-likeness (QED) is 0.551. The molecule has 0 aliphatic rings. The van der Waals surface area contributed by atoms with Gasteiger partial charge in [0.15, 0.2) is 0 Å². The summed E-state index contributed by atoms with van der Waals surface area (Å²) >= 11 is 1.56. The summed E-state index contributed by atoms with van der Waals surface area (Å²) in [5.74, 6) is 0.383. The predicted octanol–water partition coefficient (Wildman–Crippen LogP) is 1.22. The maximum absolute atomic E-state index is 11.3. The summed E-state index contributed by atoms with van der Waals surface area (Å²) in [4.78, 5) is 22.1. The molecular weight excluding hydrogens is 252 g/mol. The molecule has 0 aliphatic heterocycles. The van der Waals surface area contributed by atoms with Crippen LogP contribution >= 0.6 is 11.8 Å². The van der Waals surface area contributed by atoms with E-state index in [1.807, 2.05) is 13.8 Å². The number of carboxylic acids is 1. The number of nitrogens with two attached hydrogens (primary N) is 1. The summed E-state index contributed by atoms with van der Waals surface area (Å²) in [6.45, 7) is 5.38. The van der Waals surface area contributed by atoms with Crippen LogP contribution in [0, 0.1) is 0 Å². The molecule has 4 N–H and O–H groups in total. The van der Waals surface area contributed by atoms with Gasteiger partial charge < -0.3 is 16.2 Å². The first-order valence-corrected chi connectivity index (χ1v) is 7.30. The fourth-order valence-electron chi connectivity index (χ4n) is 1.33. The average Bonchev–Trinajstić information content (AvgIpc) is 2.21. The molecule has 0 saturated heterocycles. The van der Waals surface area contributed by atoms with Crippen LogP contribution in [0.25, 0.3) is 0 Å². The minimum Gasteiger partial charge on any atom is -0.480 e. The molecule has 0 radical (unpaired) electrons. The van der Waals surface area contributed by atoms with Gasteiger partial charge in [0.1, 0.15) is 5.54 Å². The Bertz CT molecular complexity index is 280. The highest BCUT2D eigenvalue weighted by Gasteiger charge is 2.26. The highest BCUT2D eigenvalue weighted by Crippen LogP contribution is 2.13. The Hall–Kier alpha value is -0.750. The Balaban J connectivity index is 3.52. The van der Waals surface area contributed by atoms with Gasteiger partial charge in [-0.05, 0) is 39.4 Å². The molecule has 0 bridgehead atoms. The second-order valence-corrected chi connectivity index (χ2v) is 6.06. The first-order chi connectivity index (χ1) is 8.25. The van der Waals surface area contributed by atoms with E-state index in [-0.39, 0.29) is 11.9 Å². The van der Waals surface area contributed by atoms with E-state index in [0.29, 0.717) is 12.2 Å². The number of aliphatic carboxylic acids is 1. The molecule has 0 aromatic rings. The molecule has 0 aromatic heterocycles. The molecule has 0 spiro atoms. The molecule has 0 rings (SSSR count). The Morgan fingerprint density at radius 1 is 1.39 bits per heavy atom. The molecule has 0 saturated carbocycles. The Morgan fingerprint density at radius 2 is 2.00 bits per heavy atom. The minimum absolute atomic E-state index is 0.0456. The predicted molar refractivity (Wildman–Crippen MR) is 74.7 cm³/mol. The summed E-state index contributed by atoms with van der Waals surface area (Å²) in [7, 11) is 0. The van der Waals surface area contributed by atoms with Crippen LogP contribution in [-0.2, 0) is 9.59 Å². The second kappa shape index (κ2) is 8.37. The van der Waals surface area contributed by atoms with Crippen LogP contribution in [0.15, 0.2) is 0 Å². The van der Waals surface area contributed by atoms with Crippen LogP contribution in [-0.4, -0.2) is 40.1 Å². The number of hydrogen-bond donors (Lipinski definition) is 3. The molecular formula is C12H24N2O3S. The van der Waals surface area contributed by atoms with E-state index in [1.165, 1.54) is 6.92 Å². The number of nitrogens with one attached hydrogen (secondary N) is 1. The van der Waals surface area contributed by atoms with Crippen molar-refractivity contribution in [1.82, 2.24) is 5.32 Å². The van der Waals surface area contributed by atoms with Crippen molar-refractivity contribution in [3.63, 3.8) is 0 Å². The Labute approximate surface area is 113 Å². The highest BCUT2D eigenvalue weighted by molar-refractivity contribution is 7.99. The van der Waals surface area contributed by atoms with E-state index in [4.69, 9.17) is 10.8 Å². The molecule has 106 valence electrons. The van der Waals surface area contributed by atoms with Crippen molar-refractivity contribution in [3.8, 4) is 0 Å². The van der Waals surface area contributed by atoms with Gasteiger partial charge in [0.25, 0.3) is 0 Å². The average molecular weight is 276 g/mol. The van der Waals surface area contributed by atoms with Crippen molar-refractivity contribution in [3.05, 3.63) is 0 Å². The summed E-state index contributed by atoms with van der Waals surface area (Å²) in [5, 5.41) is 11.6. The fraction of sp³-hybridized carbons (Fsp3) is 0.833. The lowest BCUT2D eigenvalue weighted by Gasteiger charge is -2.18. The molecule has 6 heteroatoms. The van der Waals surface area contributed by atoms with E-state index in [0.717, 1.165) is 18.6 Å². The van der Waals surface area contributed by atoms with Crippen LogP contribution in [0.5, 0.6) is 0 Å². The number of thioether (sulfide) groups is 1.